The van der Waals surface area contributed by atoms with Crippen LogP contribution in [0.2, 0.25) is 5.02 Å². The van der Waals surface area contributed by atoms with Gasteiger partial charge in [-0.3, -0.25) is 19.2 Å². The molecule has 0 unspecified atom stereocenters. The predicted octanol–water partition coefficient (Wildman–Crippen LogP) is 5.06. The molecule has 0 fully saturated rings. The highest BCUT2D eigenvalue weighted by molar-refractivity contribution is 6.31. The molecule has 2 heterocycles. The first kappa shape index (κ1) is 26.9. The number of hydrogen-bond acceptors (Lipinski definition) is 4. The Bertz CT molecular complexity index is 1230. The molecular formula is C29H36ClN5O2. The summed E-state index contributed by atoms with van der Waals surface area (Å²) < 4.78 is 1.68. The zero-order valence-corrected chi connectivity index (χ0v) is 22.7. The fourth-order valence-electron chi connectivity index (χ4n) is 4.91. The first-order valence-electron chi connectivity index (χ1n) is 13.0. The summed E-state index contributed by atoms with van der Waals surface area (Å²) in [5, 5.41) is 4.97. The van der Waals surface area contributed by atoms with Crippen LogP contribution in [0.25, 0.3) is 0 Å². The molecule has 1 aliphatic rings. The number of fused-ring (bicyclic) bond motifs is 1. The number of benzene rings is 2. The number of rotatable bonds is 5. The Morgan fingerprint density at radius 1 is 1.03 bits per heavy atom. The molecule has 4 rings (SSSR count). The Morgan fingerprint density at radius 3 is 2.51 bits per heavy atom. The topological polar surface area (TPSA) is 61.7 Å². The second-order valence-electron chi connectivity index (χ2n) is 9.71. The van der Waals surface area contributed by atoms with Crippen molar-refractivity contribution in [3.8, 4) is 0 Å². The van der Waals surface area contributed by atoms with Crippen molar-refractivity contribution in [2.45, 2.75) is 46.2 Å². The highest BCUT2D eigenvalue weighted by Crippen LogP contribution is 2.29. The van der Waals surface area contributed by atoms with Crippen LogP contribution in [-0.2, 0) is 24.9 Å². The van der Waals surface area contributed by atoms with E-state index >= 15 is 0 Å². The van der Waals surface area contributed by atoms with E-state index in [0.717, 1.165) is 43.7 Å². The van der Waals surface area contributed by atoms with Crippen LogP contribution in [-0.4, -0.2) is 57.6 Å². The molecule has 7 nitrogen and oxygen atoms in total. The Hall–Kier alpha value is -3.16. The maximum atomic E-state index is 13.8. The van der Waals surface area contributed by atoms with Crippen molar-refractivity contribution in [3.63, 3.8) is 0 Å². The maximum Gasteiger partial charge on any atom is 0.257 e. The van der Waals surface area contributed by atoms with Crippen molar-refractivity contribution in [1.82, 2.24) is 19.6 Å². The van der Waals surface area contributed by atoms with E-state index in [2.05, 4.69) is 22.1 Å². The van der Waals surface area contributed by atoms with Gasteiger partial charge in [0.2, 0.25) is 5.91 Å². The summed E-state index contributed by atoms with van der Waals surface area (Å²) in [4.78, 5) is 33.2. The molecule has 0 radical (unpaired) electrons. The first-order valence-corrected chi connectivity index (χ1v) is 13.4. The lowest BCUT2D eigenvalue weighted by atomic mass is 10.1. The summed E-state index contributed by atoms with van der Waals surface area (Å²) in [7, 11) is 1.83. The molecule has 196 valence electrons. The minimum Gasteiger partial charge on any atom is -0.333 e. The second kappa shape index (κ2) is 12.4. The van der Waals surface area contributed by atoms with Crippen molar-refractivity contribution >= 4 is 29.1 Å². The third-order valence-corrected chi connectivity index (χ3v) is 7.02. The third kappa shape index (κ3) is 6.79. The fraction of sp³-hybridized carbons (Fsp3) is 0.414. The zero-order valence-electron chi connectivity index (χ0n) is 22.0. The lowest BCUT2D eigenvalue weighted by molar-refractivity contribution is -0.118. The molecule has 3 aromatic rings. The third-order valence-electron chi connectivity index (χ3n) is 6.79. The minimum absolute atomic E-state index is 0.0585. The van der Waals surface area contributed by atoms with Gasteiger partial charge in [-0.1, -0.05) is 54.9 Å². The van der Waals surface area contributed by atoms with Crippen molar-refractivity contribution in [2.24, 2.45) is 7.05 Å². The van der Waals surface area contributed by atoms with E-state index in [1.54, 1.807) is 10.9 Å². The standard InChI is InChI=1S/C29H36ClN5O2/c1-4-9-28(36)35-15-8-14-33(19-23-10-6-5-7-11-23)16-17-34(20-24-12-13-25(30)18-27(24)35)29(37)26-21-32(3)31-22(26)2/h5-7,10-13,18,21H,4,8-9,14-17,19-20H2,1-3H3. The Kier molecular flexibility index (Phi) is 9.00. The van der Waals surface area contributed by atoms with Gasteiger partial charge >= 0.3 is 0 Å². The molecule has 1 aliphatic heterocycles. The van der Waals surface area contributed by atoms with E-state index in [1.165, 1.54) is 5.56 Å². The van der Waals surface area contributed by atoms with Gasteiger partial charge in [0, 0.05) is 64.0 Å². The molecular weight excluding hydrogens is 486 g/mol. The Morgan fingerprint density at radius 2 is 1.81 bits per heavy atom. The van der Waals surface area contributed by atoms with E-state index in [0.29, 0.717) is 42.3 Å². The van der Waals surface area contributed by atoms with Crippen LogP contribution in [0.4, 0.5) is 5.69 Å². The highest BCUT2D eigenvalue weighted by Gasteiger charge is 2.26. The van der Waals surface area contributed by atoms with E-state index in [4.69, 9.17) is 11.6 Å². The van der Waals surface area contributed by atoms with Crippen LogP contribution >= 0.6 is 11.6 Å². The smallest absolute Gasteiger partial charge is 0.257 e. The van der Waals surface area contributed by atoms with E-state index < -0.39 is 0 Å². The predicted molar refractivity (Wildman–Crippen MR) is 148 cm³/mol. The number of halogens is 1. The molecule has 0 atom stereocenters. The number of carbonyl (C=O) groups excluding carboxylic acids is 2. The summed E-state index contributed by atoms with van der Waals surface area (Å²) in [6, 6.07) is 16.0. The summed E-state index contributed by atoms with van der Waals surface area (Å²) in [6.07, 6.45) is 3.85. The molecule has 1 aromatic heterocycles. The molecule has 2 amide bonds. The SMILES string of the molecule is CCCC(=O)N1CCCN(Cc2ccccc2)CCN(C(=O)c2cn(C)nc2C)Cc2ccc(Cl)cc21. The number of aromatic nitrogens is 2. The summed E-state index contributed by atoms with van der Waals surface area (Å²) in [5.74, 6) is 0.0256. The van der Waals surface area contributed by atoms with Gasteiger partial charge in [0.25, 0.3) is 5.91 Å². The number of nitrogens with zero attached hydrogens (tertiary/aromatic N) is 5. The van der Waals surface area contributed by atoms with E-state index in [9.17, 15) is 9.59 Å². The largest absolute Gasteiger partial charge is 0.333 e. The van der Waals surface area contributed by atoms with Crippen LogP contribution in [0.15, 0.2) is 54.7 Å². The fourth-order valence-corrected chi connectivity index (χ4v) is 5.08. The molecule has 0 bridgehead atoms. The molecule has 2 aromatic carbocycles. The Labute approximate surface area is 224 Å². The van der Waals surface area contributed by atoms with Gasteiger partial charge in [0.1, 0.15) is 0 Å². The zero-order chi connectivity index (χ0) is 26.4. The number of carbonyl (C=O) groups is 2. The van der Waals surface area contributed by atoms with Crippen LogP contribution in [0.5, 0.6) is 0 Å². The van der Waals surface area contributed by atoms with Crippen molar-refractivity contribution < 1.29 is 9.59 Å². The van der Waals surface area contributed by atoms with Gasteiger partial charge < -0.3 is 9.80 Å². The monoisotopic (exact) mass is 521 g/mol. The van der Waals surface area contributed by atoms with Gasteiger partial charge in [0.05, 0.1) is 16.9 Å². The number of amides is 2. The van der Waals surface area contributed by atoms with E-state index in [1.807, 2.05) is 67.1 Å². The van der Waals surface area contributed by atoms with Crippen molar-refractivity contribution in [2.75, 3.05) is 31.1 Å². The molecule has 0 aliphatic carbocycles. The number of hydrogen-bond donors (Lipinski definition) is 0. The molecule has 0 saturated carbocycles. The highest BCUT2D eigenvalue weighted by atomic mass is 35.5. The number of aryl methyl sites for hydroxylation is 2. The quantitative estimate of drug-likeness (QED) is 0.470. The molecule has 0 saturated heterocycles. The summed E-state index contributed by atoms with van der Waals surface area (Å²) in [6.45, 7) is 7.76. The van der Waals surface area contributed by atoms with Crippen LogP contribution in [0, 0.1) is 6.92 Å². The van der Waals surface area contributed by atoms with Gasteiger partial charge in [-0.05, 0) is 43.0 Å². The lowest BCUT2D eigenvalue weighted by Crippen LogP contribution is -2.38. The first-order chi connectivity index (χ1) is 17.9. The summed E-state index contributed by atoms with van der Waals surface area (Å²) >= 11 is 6.42. The van der Waals surface area contributed by atoms with Gasteiger partial charge in [-0.2, -0.15) is 5.10 Å². The van der Waals surface area contributed by atoms with Gasteiger partial charge in [-0.25, -0.2) is 0 Å². The second-order valence-corrected chi connectivity index (χ2v) is 10.1. The summed E-state index contributed by atoms with van der Waals surface area (Å²) in [5.41, 5.74) is 4.25. The normalized spacial score (nSPS) is 15.2. The van der Waals surface area contributed by atoms with Crippen LogP contribution < -0.4 is 4.90 Å². The van der Waals surface area contributed by atoms with Crippen molar-refractivity contribution in [3.05, 3.63) is 82.1 Å². The van der Waals surface area contributed by atoms with Gasteiger partial charge in [-0.15, -0.1) is 0 Å². The maximum absolute atomic E-state index is 13.8. The average Bonchev–Trinajstić information content (AvgIpc) is 3.21. The van der Waals surface area contributed by atoms with Gasteiger partial charge in [0.15, 0.2) is 0 Å². The average molecular weight is 522 g/mol. The van der Waals surface area contributed by atoms with Crippen molar-refractivity contribution in [1.29, 1.82) is 0 Å². The molecule has 0 N–H and O–H groups in total. The lowest BCUT2D eigenvalue weighted by Gasteiger charge is -2.28. The Balaban J connectivity index is 1.71. The molecule has 8 heteroatoms. The number of anilines is 1. The van der Waals surface area contributed by atoms with Crippen LogP contribution in [0.3, 0.4) is 0 Å². The molecule has 37 heavy (non-hydrogen) atoms. The van der Waals surface area contributed by atoms with Crippen LogP contribution in [0.1, 0.15) is 53.4 Å². The van der Waals surface area contributed by atoms with E-state index in [-0.39, 0.29) is 11.8 Å². The minimum atomic E-state index is -0.0585. The molecule has 0 spiro atoms.